The van der Waals surface area contributed by atoms with Gasteiger partial charge in [-0.05, 0) is 37.3 Å². The summed E-state index contributed by atoms with van der Waals surface area (Å²) in [4.78, 5) is 20.2. The van der Waals surface area contributed by atoms with Gasteiger partial charge in [-0.3, -0.25) is 4.79 Å². The third kappa shape index (κ3) is 3.10. The number of amides is 1. The maximum atomic E-state index is 12.5. The van der Waals surface area contributed by atoms with Crippen LogP contribution in [0.25, 0.3) is 33.2 Å². The molecule has 7 nitrogen and oxygen atoms in total. The molecular weight excluding hydrogens is 356 g/mol. The number of methoxy groups -OCH3 is 1. The number of aromatic nitrogens is 3. The highest BCUT2D eigenvalue weighted by Crippen LogP contribution is 2.34. The van der Waals surface area contributed by atoms with Crippen molar-refractivity contribution in [3.63, 3.8) is 0 Å². The number of rotatable bonds is 5. The van der Waals surface area contributed by atoms with Gasteiger partial charge in [0.25, 0.3) is 5.91 Å². The first kappa shape index (κ1) is 18.1. The number of benzene rings is 1. The topological polar surface area (TPSA) is 92.2 Å². The van der Waals surface area contributed by atoms with Crippen LogP contribution in [-0.4, -0.2) is 45.3 Å². The Kier molecular flexibility index (Phi) is 4.52. The molecule has 0 fully saturated rings. The predicted octanol–water partition coefficient (Wildman–Crippen LogP) is 2.84. The number of nitrogens with one attached hydrogen (secondary N) is 2. The Bertz CT molecular complexity index is 1170. The number of aliphatic hydroxyl groups is 1. The lowest BCUT2D eigenvalue weighted by Crippen LogP contribution is -2.30. The Morgan fingerprint density at radius 3 is 2.89 bits per heavy atom. The summed E-state index contributed by atoms with van der Waals surface area (Å²) in [5.74, 6) is 0.547. The van der Waals surface area contributed by atoms with Crippen LogP contribution in [0.2, 0.25) is 0 Å². The van der Waals surface area contributed by atoms with Gasteiger partial charge in [0.15, 0.2) is 0 Å². The fraction of sp³-hybridized carbons (Fsp3) is 0.238. The van der Waals surface area contributed by atoms with Gasteiger partial charge in [-0.1, -0.05) is 0 Å². The standard InChI is InChI=1S/C21H22N4O3/c1-12(26)10-23-21(27)14-6-7-22-20-16(14)9-18(24-20)17-11-25(2)19-5-4-13(28-3)8-15(17)19/h4-9,11-12,26H,10H2,1-3H3,(H,22,24)(H,23,27). The molecule has 0 radical (unpaired) electrons. The average molecular weight is 378 g/mol. The van der Waals surface area contributed by atoms with Crippen molar-refractivity contribution in [2.45, 2.75) is 13.0 Å². The first-order valence-corrected chi connectivity index (χ1v) is 9.05. The lowest BCUT2D eigenvalue weighted by atomic mass is 10.1. The van der Waals surface area contributed by atoms with E-state index in [0.29, 0.717) is 11.2 Å². The van der Waals surface area contributed by atoms with E-state index in [2.05, 4.69) is 19.9 Å². The number of H-pyrrole nitrogens is 1. The monoisotopic (exact) mass is 378 g/mol. The zero-order valence-electron chi connectivity index (χ0n) is 16.0. The maximum absolute atomic E-state index is 12.5. The number of nitrogens with zero attached hydrogens (tertiary/aromatic N) is 2. The minimum absolute atomic E-state index is 0.197. The fourth-order valence-corrected chi connectivity index (χ4v) is 3.42. The van der Waals surface area contributed by atoms with Crippen molar-refractivity contribution in [2.75, 3.05) is 13.7 Å². The zero-order valence-corrected chi connectivity index (χ0v) is 16.0. The molecule has 7 heteroatoms. The molecule has 3 N–H and O–H groups in total. The molecule has 0 saturated heterocycles. The number of aliphatic hydroxyl groups excluding tert-OH is 1. The summed E-state index contributed by atoms with van der Waals surface area (Å²) in [5.41, 5.74) is 4.12. The van der Waals surface area contributed by atoms with Gasteiger partial charge in [0, 0.05) is 53.5 Å². The molecule has 144 valence electrons. The number of fused-ring (bicyclic) bond motifs is 2. The molecule has 0 bridgehead atoms. The Hall–Kier alpha value is -3.32. The van der Waals surface area contributed by atoms with Crippen LogP contribution in [0.3, 0.4) is 0 Å². The average Bonchev–Trinajstić information content (AvgIpc) is 3.26. The SMILES string of the molecule is COc1ccc2c(c1)c(-c1cc3c(C(=O)NCC(C)O)ccnc3[nH]1)cn2C. The molecule has 1 atom stereocenters. The van der Waals surface area contributed by atoms with Crippen molar-refractivity contribution in [3.8, 4) is 17.0 Å². The summed E-state index contributed by atoms with van der Waals surface area (Å²) < 4.78 is 7.43. The molecule has 1 amide bonds. The summed E-state index contributed by atoms with van der Waals surface area (Å²) in [6.07, 6.45) is 3.04. The summed E-state index contributed by atoms with van der Waals surface area (Å²) in [5, 5.41) is 13.9. The van der Waals surface area contributed by atoms with Gasteiger partial charge in [-0.25, -0.2) is 4.98 Å². The number of aromatic amines is 1. The van der Waals surface area contributed by atoms with Crippen LogP contribution in [0.1, 0.15) is 17.3 Å². The predicted molar refractivity (Wildman–Crippen MR) is 109 cm³/mol. The van der Waals surface area contributed by atoms with Gasteiger partial charge in [0.2, 0.25) is 0 Å². The van der Waals surface area contributed by atoms with Crippen LogP contribution in [-0.2, 0) is 7.05 Å². The van der Waals surface area contributed by atoms with E-state index in [1.807, 2.05) is 37.5 Å². The summed E-state index contributed by atoms with van der Waals surface area (Å²) in [6, 6.07) is 9.58. The molecule has 3 aromatic heterocycles. The number of ether oxygens (including phenoxy) is 1. The normalized spacial score (nSPS) is 12.4. The molecule has 3 heterocycles. The second-order valence-electron chi connectivity index (χ2n) is 6.90. The second-order valence-corrected chi connectivity index (χ2v) is 6.90. The smallest absolute Gasteiger partial charge is 0.252 e. The molecule has 0 aliphatic rings. The Balaban J connectivity index is 1.82. The summed E-state index contributed by atoms with van der Waals surface area (Å²) in [7, 11) is 3.64. The van der Waals surface area contributed by atoms with Crippen molar-refractivity contribution >= 4 is 27.8 Å². The van der Waals surface area contributed by atoms with Crippen molar-refractivity contribution in [2.24, 2.45) is 7.05 Å². The molecule has 4 aromatic rings. The lowest BCUT2D eigenvalue weighted by molar-refractivity contribution is 0.0925. The van der Waals surface area contributed by atoms with Crippen molar-refractivity contribution in [3.05, 3.63) is 48.3 Å². The molecule has 0 aliphatic heterocycles. The highest BCUT2D eigenvalue weighted by Gasteiger charge is 2.16. The van der Waals surface area contributed by atoms with Crippen LogP contribution < -0.4 is 10.1 Å². The van der Waals surface area contributed by atoms with Crippen LogP contribution in [0.5, 0.6) is 5.75 Å². The fourth-order valence-electron chi connectivity index (χ4n) is 3.42. The number of carbonyl (C=O) groups is 1. The van der Waals surface area contributed by atoms with Gasteiger partial charge in [0.05, 0.1) is 18.8 Å². The third-order valence-electron chi connectivity index (χ3n) is 4.82. The summed E-state index contributed by atoms with van der Waals surface area (Å²) in [6.45, 7) is 1.83. The van der Waals surface area contributed by atoms with E-state index in [1.165, 1.54) is 0 Å². The van der Waals surface area contributed by atoms with Crippen molar-refractivity contribution in [1.29, 1.82) is 0 Å². The second kappa shape index (κ2) is 7.01. The van der Waals surface area contributed by atoms with Crippen LogP contribution in [0, 0.1) is 0 Å². The van der Waals surface area contributed by atoms with E-state index in [1.54, 1.807) is 26.3 Å². The largest absolute Gasteiger partial charge is 0.497 e. The zero-order chi connectivity index (χ0) is 19.8. The number of hydrogen-bond acceptors (Lipinski definition) is 4. The molecule has 0 spiro atoms. The van der Waals surface area contributed by atoms with Crippen molar-refractivity contribution in [1.82, 2.24) is 19.9 Å². The Labute approximate surface area is 162 Å². The molecular formula is C21H22N4O3. The van der Waals surface area contributed by atoms with Gasteiger partial charge in [0.1, 0.15) is 11.4 Å². The van der Waals surface area contributed by atoms with E-state index in [9.17, 15) is 9.90 Å². The number of pyridine rings is 1. The number of hydrogen-bond donors (Lipinski definition) is 3. The molecule has 0 aliphatic carbocycles. The number of aryl methyl sites for hydroxylation is 1. The summed E-state index contributed by atoms with van der Waals surface area (Å²) >= 11 is 0. The minimum Gasteiger partial charge on any atom is -0.497 e. The van der Waals surface area contributed by atoms with Gasteiger partial charge in [-0.15, -0.1) is 0 Å². The van der Waals surface area contributed by atoms with E-state index < -0.39 is 6.10 Å². The lowest BCUT2D eigenvalue weighted by Gasteiger charge is -2.07. The number of carbonyl (C=O) groups excluding carboxylic acids is 1. The quantitative estimate of drug-likeness (QED) is 0.498. The molecule has 28 heavy (non-hydrogen) atoms. The molecule has 1 aromatic carbocycles. The molecule has 0 saturated carbocycles. The maximum Gasteiger partial charge on any atom is 0.252 e. The van der Waals surface area contributed by atoms with Crippen LogP contribution >= 0.6 is 0 Å². The van der Waals surface area contributed by atoms with Gasteiger partial charge < -0.3 is 24.7 Å². The van der Waals surface area contributed by atoms with E-state index in [4.69, 9.17) is 4.74 Å². The highest BCUT2D eigenvalue weighted by molar-refractivity contribution is 6.07. The van der Waals surface area contributed by atoms with Crippen LogP contribution in [0.4, 0.5) is 0 Å². The minimum atomic E-state index is -0.603. The molecule has 4 rings (SSSR count). The van der Waals surface area contributed by atoms with Crippen LogP contribution in [0.15, 0.2) is 42.7 Å². The molecule has 1 unspecified atom stereocenters. The van der Waals surface area contributed by atoms with E-state index >= 15 is 0 Å². The first-order chi connectivity index (χ1) is 13.5. The highest BCUT2D eigenvalue weighted by atomic mass is 16.5. The Morgan fingerprint density at radius 1 is 1.32 bits per heavy atom. The first-order valence-electron chi connectivity index (χ1n) is 9.05. The third-order valence-corrected chi connectivity index (χ3v) is 4.82. The van der Waals surface area contributed by atoms with E-state index in [-0.39, 0.29) is 12.5 Å². The van der Waals surface area contributed by atoms with Gasteiger partial charge in [-0.2, -0.15) is 0 Å². The van der Waals surface area contributed by atoms with E-state index in [0.717, 1.165) is 33.3 Å². The van der Waals surface area contributed by atoms with Crippen molar-refractivity contribution < 1.29 is 14.6 Å². The van der Waals surface area contributed by atoms with Gasteiger partial charge >= 0.3 is 0 Å². The Morgan fingerprint density at radius 2 is 2.14 bits per heavy atom.